The highest BCUT2D eigenvalue weighted by Gasteiger charge is 2.28. The summed E-state index contributed by atoms with van der Waals surface area (Å²) >= 11 is 0. The number of benzene rings is 3. The zero-order chi connectivity index (χ0) is 19.5. The number of amides is 1. The normalized spacial score (nSPS) is 16.2. The lowest BCUT2D eigenvalue weighted by molar-refractivity contribution is 0.0790. The van der Waals surface area contributed by atoms with Crippen molar-refractivity contribution < 1.29 is 9.53 Å². The van der Waals surface area contributed by atoms with Gasteiger partial charge in [0.1, 0.15) is 11.5 Å². The predicted molar refractivity (Wildman–Crippen MR) is 112 cm³/mol. The van der Waals surface area contributed by atoms with Crippen molar-refractivity contribution in [2.45, 2.75) is 26.2 Å². The summed E-state index contributed by atoms with van der Waals surface area (Å²) in [5, 5.41) is 0. The number of hydrogen-bond acceptors (Lipinski definition) is 2. The molecule has 1 unspecified atom stereocenters. The van der Waals surface area contributed by atoms with Crippen molar-refractivity contribution in [1.82, 2.24) is 4.90 Å². The molecule has 0 N–H and O–H groups in total. The van der Waals surface area contributed by atoms with Gasteiger partial charge >= 0.3 is 0 Å². The first-order chi connectivity index (χ1) is 13.6. The summed E-state index contributed by atoms with van der Waals surface area (Å²) in [5.74, 6) is 1.96. The Morgan fingerprint density at radius 3 is 2.46 bits per heavy atom. The summed E-state index contributed by atoms with van der Waals surface area (Å²) in [5.41, 5.74) is 4.48. The van der Waals surface area contributed by atoms with Crippen LogP contribution in [0.2, 0.25) is 0 Å². The topological polar surface area (TPSA) is 29.5 Å². The maximum absolute atomic E-state index is 13.0. The third-order valence-corrected chi connectivity index (χ3v) is 5.41. The fourth-order valence-electron chi connectivity index (χ4n) is 3.93. The fraction of sp³-hybridized carbons (Fsp3) is 0.240. The smallest absolute Gasteiger partial charge is 0.254 e. The Balaban J connectivity index is 1.47. The van der Waals surface area contributed by atoms with Gasteiger partial charge in [0.05, 0.1) is 0 Å². The number of carbonyl (C=O) groups excluding carboxylic acids is 1. The maximum Gasteiger partial charge on any atom is 0.254 e. The Bertz CT molecular complexity index is 995. The second-order valence-electron chi connectivity index (χ2n) is 7.54. The van der Waals surface area contributed by atoms with Gasteiger partial charge in [-0.05, 0) is 67.3 Å². The zero-order valence-corrected chi connectivity index (χ0v) is 16.4. The summed E-state index contributed by atoms with van der Waals surface area (Å²) < 4.78 is 5.95. The molecule has 3 nitrogen and oxygen atoms in total. The lowest BCUT2D eigenvalue weighted by Gasteiger charge is -2.18. The van der Waals surface area contributed by atoms with Gasteiger partial charge in [-0.1, -0.05) is 42.5 Å². The molecule has 0 bridgehead atoms. The average Bonchev–Trinajstić information content (AvgIpc) is 3.18. The molecule has 3 aromatic rings. The van der Waals surface area contributed by atoms with Crippen LogP contribution in [0, 0.1) is 13.8 Å². The van der Waals surface area contributed by atoms with E-state index in [-0.39, 0.29) is 5.91 Å². The Morgan fingerprint density at radius 1 is 0.929 bits per heavy atom. The van der Waals surface area contributed by atoms with Gasteiger partial charge in [0, 0.05) is 24.6 Å². The minimum atomic E-state index is 0.0748. The quantitative estimate of drug-likeness (QED) is 0.586. The standard InChI is InChI=1S/C25H25NO2/c1-18-7-5-10-22(15-18)28-23-11-6-9-20(16-23)25(27)26-14-13-21(17-26)24-12-4-3-8-19(24)2/h3-12,15-16,21H,13-14,17H2,1-2H3. The Hall–Kier alpha value is -3.07. The highest BCUT2D eigenvalue weighted by molar-refractivity contribution is 5.94. The van der Waals surface area contributed by atoms with Crippen LogP contribution in [0.15, 0.2) is 72.8 Å². The van der Waals surface area contributed by atoms with Crippen LogP contribution < -0.4 is 4.74 Å². The van der Waals surface area contributed by atoms with Crippen LogP contribution in [0.5, 0.6) is 11.5 Å². The van der Waals surface area contributed by atoms with E-state index in [0.717, 1.165) is 30.8 Å². The van der Waals surface area contributed by atoms with Crippen LogP contribution in [0.3, 0.4) is 0 Å². The monoisotopic (exact) mass is 371 g/mol. The van der Waals surface area contributed by atoms with Crippen molar-refractivity contribution in [1.29, 1.82) is 0 Å². The van der Waals surface area contributed by atoms with E-state index in [9.17, 15) is 4.79 Å². The van der Waals surface area contributed by atoms with Gasteiger partial charge in [-0.2, -0.15) is 0 Å². The molecular weight excluding hydrogens is 346 g/mol. The summed E-state index contributed by atoms with van der Waals surface area (Å²) in [4.78, 5) is 15.0. The summed E-state index contributed by atoms with van der Waals surface area (Å²) in [7, 11) is 0. The van der Waals surface area contributed by atoms with Crippen molar-refractivity contribution in [3.63, 3.8) is 0 Å². The third kappa shape index (κ3) is 3.94. The molecular formula is C25H25NO2. The molecule has 1 atom stereocenters. The first kappa shape index (κ1) is 18.3. The van der Waals surface area contributed by atoms with E-state index in [1.807, 2.05) is 60.4 Å². The highest BCUT2D eigenvalue weighted by Crippen LogP contribution is 2.31. The minimum absolute atomic E-state index is 0.0748. The highest BCUT2D eigenvalue weighted by atomic mass is 16.5. The second kappa shape index (κ2) is 7.89. The molecule has 1 heterocycles. The largest absolute Gasteiger partial charge is 0.457 e. The third-order valence-electron chi connectivity index (χ3n) is 5.41. The predicted octanol–water partition coefficient (Wildman–Crippen LogP) is 5.73. The van der Waals surface area contributed by atoms with Crippen LogP contribution in [0.1, 0.15) is 39.4 Å². The number of likely N-dealkylation sites (tertiary alicyclic amines) is 1. The van der Waals surface area contributed by atoms with E-state index < -0.39 is 0 Å². The second-order valence-corrected chi connectivity index (χ2v) is 7.54. The van der Waals surface area contributed by atoms with Gasteiger partial charge in [-0.25, -0.2) is 0 Å². The molecule has 28 heavy (non-hydrogen) atoms. The Labute approximate surface area is 166 Å². The molecule has 0 spiro atoms. The van der Waals surface area contributed by atoms with E-state index in [1.165, 1.54) is 11.1 Å². The van der Waals surface area contributed by atoms with E-state index >= 15 is 0 Å². The van der Waals surface area contributed by atoms with Gasteiger partial charge in [-0.3, -0.25) is 4.79 Å². The molecule has 3 aromatic carbocycles. The number of nitrogens with zero attached hydrogens (tertiary/aromatic N) is 1. The summed E-state index contributed by atoms with van der Waals surface area (Å²) in [6, 6.07) is 23.9. The first-order valence-electron chi connectivity index (χ1n) is 9.79. The van der Waals surface area contributed by atoms with E-state index in [0.29, 0.717) is 17.2 Å². The van der Waals surface area contributed by atoms with Crippen molar-refractivity contribution >= 4 is 5.91 Å². The SMILES string of the molecule is Cc1cccc(Oc2cccc(C(=O)N3CCC(c4ccccc4C)C3)c2)c1. The molecule has 1 aliphatic rings. The van der Waals surface area contributed by atoms with Gasteiger partial charge < -0.3 is 9.64 Å². The molecule has 142 valence electrons. The number of aryl methyl sites for hydroxylation is 2. The van der Waals surface area contributed by atoms with Crippen LogP contribution in [0.4, 0.5) is 0 Å². The fourth-order valence-corrected chi connectivity index (χ4v) is 3.93. The van der Waals surface area contributed by atoms with Crippen LogP contribution in [-0.4, -0.2) is 23.9 Å². The summed E-state index contributed by atoms with van der Waals surface area (Å²) in [6.07, 6.45) is 1.01. The lowest BCUT2D eigenvalue weighted by atomic mass is 9.94. The lowest BCUT2D eigenvalue weighted by Crippen LogP contribution is -2.28. The van der Waals surface area contributed by atoms with Gasteiger partial charge in [0.15, 0.2) is 0 Å². The molecule has 1 aliphatic heterocycles. The van der Waals surface area contributed by atoms with Crippen molar-refractivity contribution in [2.75, 3.05) is 13.1 Å². The molecule has 0 aromatic heterocycles. The minimum Gasteiger partial charge on any atom is -0.457 e. The van der Waals surface area contributed by atoms with Crippen LogP contribution in [0.25, 0.3) is 0 Å². The molecule has 0 saturated carbocycles. The van der Waals surface area contributed by atoms with Gasteiger partial charge in [-0.15, -0.1) is 0 Å². The average molecular weight is 371 g/mol. The van der Waals surface area contributed by atoms with Crippen LogP contribution >= 0.6 is 0 Å². The molecule has 4 rings (SSSR count). The Morgan fingerprint density at radius 2 is 1.68 bits per heavy atom. The molecule has 3 heteroatoms. The van der Waals surface area contributed by atoms with Gasteiger partial charge in [0.25, 0.3) is 5.91 Å². The molecule has 1 amide bonds. The molecule has 1 fully saturated rings. The number of rotatable bonds is 4. The van der Waals surface area contributed by atoms with Crippen LogP contribution in [-0.2, 0) is 0 Å². The van der Waals surface area contributed by atoms with Crippen molar-refractivity contribution in [3.05, 3.63) is 95.1 Å². The number of carbonyl (C=O) groups is 1. The number of hydrogen-bond donors (Lipinski definition) is 0. The first-order valence-corrected chi connectivity index (χ1v) is 9.79. The molecule has 0 radical (unpaired) electrons. The van der Waals surface area contributed by atoms with Gasteiger partial charge in [0.2, 0.25) is 0 Å². The molecule has 0 aliphatic carbocycles. The zero-order valence-electron chi connectivity index (χ0n) is 16.4. The van der Waals surface area contributed by atoms with E-state index in [4.69, 9.17) is 4.74 Å². The molecule has 1 saturated heterocycles. The number of ether oxygens (including phenoxy) is 1. The van der Waals surface area contributed by atoms with E-state index in [2.05, 4.69) is 31.2 Å². The van der Waals surface area contributed by atoms with E-state index in [1.54, 1.807) is 0 Å². The summed E-state index contributed by atoms with van der Waals surface area (Å²) in [6.45, 7) is 5.74. The maximum atomic E-state index is 13.0. The van der Waals surface area contributed by atoms with Crippen molar-refractivity contribution in [2.24, 2.45) is 0 Å². The Kier molecular flexibility index (Phi) is 5.16. The van der Waals surface area contributed by atoms with Crippen molar-refractivity contribution in [3.8, 4) is 11.5 Å².